The lowest BCUT2D eigenvalue weighted by molar-refractivity contribution is -0.140. The van der Waals surface area contributed by atoms with Crippen molar-refractivity contribution in [3.05, 3.63) is 47.0 Å². The molecule has 1 aromatic carbocycles. The maximum absolute atomic E-state index is 13.6. The molecule has 2 aliphatic rings. The molecule has 178 valence electrons. The van der Waals surface area contributed by atoms with Crippen molar-refractivity contribution in [3.8, 4) is 0 Å². The fourth-order valence-corrected chi connectivity index (χ4v) is 6.15. The number of benzene rings is 1. The summed E-state index contributed by atoms with van der Waals surface area (Å²) in [5, 5.41) is 11.0. The Hall–Kier alpha value is -2.53. The van der Waals surface area contributed by atoms with Crippen LogP contribution in [-0.4, -0.2) is 35.0 Å². The van der Waals surface area contributed by atoms with Crippen molar-refractivity contribution < 1.29 is 22.4 Å². The molecule has 1 aromatic heterocycles. The first-order valence-corrected chi connectivity index (χ1v) is 14.6. The SMILES string of the molecule is C[Si](C)(C)Cn1cc(/C=C2\C3CCC2[C@H](C(=O)Nc2ccc(F)c(C(F)(F)F)c2)[C@@H]3N)nn1. The van der Waals surface area contributed by atoms with Gasteiger partial charge in [-0.3, -0.25) is 9.48 Å². The minimum absolute atomic E-state index is 0.00634. The zero-order valence-corrected chi connectivity index (χ0v) is 19.7. The van der Waals surface area contributed by atoms with Gasteiger partial charge in [0.1, 0.15) is 11.5 Å². The highest BCUT2D eigenvalue weighted by Crippen LogP contribution is 2.52. The molecule has 2 aliphatic carbocycles. The van der Waals surface area contributed by atoms with E-state index in [9.17, 15) is 22.4 Å². The van der Waals surface area contributed by atoms with Crippen LogP contribution in [0.2, 0.25) is 19.6 Å². The second-order valence-corrected chi connectivity index (χ2v) is 15.6. The molecule has 4 atom stereocenters. The molecular formula is C22H27F4N5OSi. The van der Waals surface area contributed by atoms with Gasteiger partial charge in [-0.15, -0.1) is 5.10 Å². The van der Waals surface area contributed by atoms with E-state index in [4.69, 9.17) is 5.73 Å². The minimum Gasteiger partial charge on any atom is -0.326 e. The predicted molar refractivity (Wildman–Crippen MR) is 119 cm³/mol. The number of alkyl halides is 3. The zero-order valence-electron chi connectivity index (χ0n) is 18.7. The molecule has 1 amide bonds. The molecule has 11 heteroatoms. The number of fused-ring (bicyclic) bond motifs is 2. The van der Waals surface area contributed by atoms with Crippen LogP contribution in [0.1, 0.15) is 24.1 Å². The first kappa shape index (κ1) is 23.6. The van der Waals surface area contributed by atoms with Crippen molar-refractivity contribution >= 4 is 25.7 Å². The Bertz CT molecular complexity index is 1090. The van der Waals surface area contributed by atoms with Crippen molar-refractivity contribution in [2.24, 2.45) is 23.5 Å². The molecule has 0 aliphatic heterocycles. The van der Waals surface area contributed by atoms with Gasteiger partial charge in [-0.05, 0) is 49.0 Å². The largest absolute Gasteiger partial charge is 0.419 e. The van der Waals surface area contributed by atoms with E-state index in [1.807, 2.05) is 17.0 Å². The van der Waals surface area contributed by atoms with E-state index < -0.39 is 43.5 Å². The highest BCUT2D eigenvalue weighted by Gasteiger charge is 2.52. The molecule has 0 saturated heterocycles. The lowest BCUT2D eigenvalue weighted by Gasteiger charge is -2.26. The number of amides is 1. The standard InChI is InChI=1S/C22H27F4N5OSi/c1-33(2,3)11-31-10-13(29-30-31)8-16-14-5-6-15(16)20(27)19(14)21(32)28-12-4-7-18(23)17(9-12)22(24,25)26/h4,7-10,14-15,19-20H,5-6,11,27H2,1-3H3,(H,28,32)/b16-8-/t14?,15?,19-,20+/m0/s1. The molecule has 2 fully saturated rings. The van der Waals surface area contributed by atoms with Crippen molar-refractivity contribution in [2.75, 3.05) is 5.32 Å². The molecular weight excluding hydrogens is 454 g/mol. The number of nitrogens with zero attached hydrogens (tertiary/aromatic N) is 3. The lowest BCUT2D eigenvalue weighted by Crippen LogP contribution is -2.42. The fourth-order valence-electron chi connectivity index (χ4n) is 5.02. The third-order valence-corrected chi connectivity index (χ3v) is 7.58. The molecule has 2 saturated carbocycles. The van der Waals surface area contributed by atoms with Gasteiger partial charge in [0.05, 0.1) is 25.8 Å². The van der Waals surface area contributed by atoms with Crippen molar-refractivity contribution in [1.82, 2.24) is 15.0 Å². The van der Waals surface area contributed by atoms with Gasteiger partial charge in [0.2, 0.25) is 5.91 Å². The number of hydrogen-bond acceptors (Lipinski definition) is 4. The molecule has 1 heterocycles. The Morgan fingerprint density at radius 3 is 2.64 bits per heavy atom. The van der Waals surface area contributed by atoms with Crippen LogP contribution in [0.4, 0.5) is 23.2 Å². The van der Waals surface area contributed by atoms with E-state index >= 15 is 0 Å². The van der Waals surface area contributed by atoms with Gasteiger partial charge in [-0.1, -0.05) is 30.4 Å². The third kappa shape index (κ3) is 4.88. The number of rotatable bonds is 5. The quantitative estimate of drug-likeness (QED) is 0.492. The van der Waals surface area contributed by atoms with Crippen LogP contribution in [0.5, 0.6) is 0 Å². The summed E-state index contributed by atoms with van der Waals surface area (Å²) in [6, 6.07) is 1.98. The monoisotopic (exact) mass is 481 g/mol. The molecule has 6 nitrogen and oxygen atoms in total. The predicted octanol–water partition coefficient (Wildman–Crippen LogP) is 4.32. The molecule has 2 unspecified atom stereocenters. The number of nitrogens with two attached hydrogens (primary N) is 1. The first-order valence-electron chi connectivity index (χ1n) is 10.9. The Balaban J connectivity index is 1.53. The normalized spacial score (nSPS) is 26.2. The highest BCUT2D eigenvalue weighted by atomic mass is 28.3. The lowest BCUT2D eigenvalue weighted by atomic mass is 9.84. The smallest absolute Gasteiger partial charge is 0.326 e. The number of carbonyl (C=O) groups excluding carboxylic acids is 1. The highest BCUT2D eigenvalue weighted by molar-refractivity contribution is 6.74. The van der Waals surface area contributed by atoms with Crippen LogP contribution < -0.4 is 11.1 Å². The molecule has 0 radical (unpaired) electrons. The zero-order chi connectivity index (χ0) is 24.1. The van der Waals surface area contributed by atoms with Crippen molar-refractivity contribution in [1.29, 1.82) is 0 Å². The van der Waals surface area contributed by atoms with Crippen molar-refractivity contribution in [2.45, 2.75) is 50.9 Å². The van der Waals surface area contributed by atoms with E-state index in [2.05, 4.69) is 35.3 Å². The van der Waals surface area contributed by atoms with E-state index in [1.165, 1.54) is 0 Å². The van der Waals surface area contributed by atoms with Gasteiger partial charge in [-0.2, -0.15) is 13.2 Å². The average Bonchev–Trinajstić information content (AvgIpc) is 3.35. The number of carbonyl (C=O) groups is 1. The van der Waals surface area contributed by atoms with Gasteiger partial charge < -0.3 is 11.1 Å². The minimum atomic E-state index is -4.85. The van der Waals surface area contributed by atoms with E-state index in [0.717, 1.165) is 30.6 Å². The van der Waals surface area contributed by atoms with Crippen LogP contribution in [-0.2, 0) is 17.1 Å². The summed E-state index contributed by atoms with van der Waals surface area (Å²) in [4.78, 5) is 13.0. The molecule has 2 bridgehead atoms. The summed E-state index contributed by atoms with van der Waals surface area (Å²) in [5.41, 5.74) is 6.62. The van der Waals surface area contributed by atoms with E-state index in [1.54, 1.807) is 0 Å². The number of nitrogens with one attached hydrogen (secondary N) is 1. The maximum Gasteiger partial charge on any atom is 0.419 e. The van der Waals surface area contributed by atoms with Crippen LogP contribution >= 0.6 is 0 Å². The summed E-state index contributed by atoms with van der Waals surface area (Å²) in [7, 11) is -1.36. The molecule has 4 rings (SSSR count). The number of halogens is 4. The summed E-state index contributed by atoms with van der Waals surface area (Å²) >= 11 is 0. The Labute approximate surface area is 190 Å². The van der Waals surface area contributed by atoms with Gasteiger partial charge in [0, 0.05) is 17.9 Å². The first-order chi connectivity index (χ1) is 15.3. The van der Waals surface area contributed by atoms with Crippen LogP contribution in [0, 0.1) is 23.6 Å². The van der Waals surface area contributed by atoms with Gasteiger partial charge >= 0.3 is 6.18 Å². The van der Waals surface area contributed by atoms with E-state index in [0.29, 0.717) is 17.8 Å². The van der Waals surface area contributed by atoms with Gasteiger partial charge in [0.25, 0.3) is 0 Å². The molecule has 33 heavy (non-hydrogen) atoms. The van der Waals surface area contributed by atoms with Crippen molar-refractivity contribution in [3.63, 3.8) is 0 Å². The second kappa shape index (κ2) is 8.35. The Morgan fingerprint density at radius 2 is 1.97 bits per heavy atom. The maximum atomic E-state index is 13.6. The summed E-state index contributed by atoms with van der Waals surface area (Å²) in [6.45, 7) is 6.72. The van der Waals surface area contributed by atoms with Gasteiger partial charge in [-0.25, -0.2) is 4.39 Å². The van der Waals surface area contributed by atoms with Crippen LogP contribution in [0.3, 0.4) is 0 Å². The van der Waals surface area contributed by atoms with Crippen LogP contribution in [0.25, 0.3) is 6.08 Å². The van der Waals surface area contributed by atoms with Crippen LogP contribution in [0.15, 0.2) is 30.0 Å². The Kier molecular flexibility index (Phi) is 5.98. The Morgan fingerprint density at radius 1 is 1.27 bits per heavy atom. The second-order valence-electron chi connectivity index (χ2n) is 10.1. The number of anilines is 1. The third-order valence-electron chi connectivity index (χ3n) is 6.31. The number of hydrogen-bond donors (Lipinski definition) is 2. The molecule has 2 aromatic rings. The average molecular weight is 482 g/mol. The summed E-state index contributed by atoms with van der Waals surface area (Å²) in [5.74, 6) is -2.53. The fraction of sp³-hybridized carbons (Fsp3) is 0.500. The summed E-state index contributed by atoms with van der Waals surface area (Å²) < 4.78 is 54.4. The topological polar surface area (TPSA) is 85.8 Å². The van der Waals surface area contributed by atoms with E-state index in [-0.39, 0.29) is 17.5 Å². The summed E-state index contributed by atoms with van der Waals surface area (Å²) in [6.07, 6.45) is 1.44. The number of aromatic nitrogens is 3. The molecule has 0 spiro atoms. The van der Waals surface area contributed by atoms with Gasteiger partial charge in [0.15, 0.2) is 0 Å². The molecule has 3 N–H and O–H groups in total.